The molecule has 1 aromatic heterocycles. The monoisotopic (exact) mass is 492 g/mol. The van der Waals surface area contributed by atoms with Crippen molar-refractivity contribution in [1.29, 1.82) is 0 Å². The van der Waals surface area contributed by atoms with Crippen LogP contribution in [0.2, 0.25) is 0 Å². The van der Waals surface area contributed by atoms with Gasteiger partial charge in [-0.2, -0.15) is 0 Å². The Labute approximate surface area is 206 Å². The highest BCUT2D eigenvalue weighted by atomic mass is 32.1. The van der Waals surface area contributed by atoms with Gasteiger partial charge in [0.2, 0.25) is 5.91 Å². The van der Waals surface area contributed by atoms with E-state index in [1.54, 1.807) is 23.1 Å². The van der Waals surface area contributed by atoms with E-state index in [9.17, 15) is 14.4 Å². The molecule has 8 nitrogen and oxygen atoms in total. The van der Waals surface area contributed by atoms with Crippen LogP contribution in [0.25, 0.3) is 0 Å². The number of aryl methyl sites for hydroxylation is 1. The normalized spacial score (nSPS) is 18.9. The van der Waals surface area contributed by atoms with Gasteiger partial charge in [0.1, 0.15) is 13.2 Å². The first-order valence-electron chi connectivity index (χ1n) is 11.3. The van der Waals surface area contributed by atoms with Crippen LogP contribution in [-0.2, 0) is 19.1 Å². The lowest BCUT2D eigenvalue weighted by molar-refractivity contribution is -0.152. The number of hydrogen-bond acceptors (Lipinski definition) is 7. The molecule has 180 valence electrons. The fraction of sp³-hybridized carbons (Fsp3) is 0.269. The van der Waals surface area contributed by atoms with Crippen molar-refractivity contribution in [2.75, 3.05) is 30.0 Å². The van der Waals surface area contributed by atoms with Crippen LogP contribution in [0.4, 0.5) is 11.4 Å². The molecule has 3 aromatic rings. The van der Waals surface area contributed by atoms with Gasteiger partial charge in [0.05, 0.1) is 12.0 Å². The SMILES string of the molecule is Cc1ccc(N2C(=O)CC(C(=O)OCC(=O)Nc3ccc4c(c3)OCCO4)C2c2cccs2)cc1. The molecule has 1 N–H and O–H groups in total. The molecule has 0 spiro atoms. The maximum Gasteiger partial charge on any atom is 0.312 e. The Balaban J connectivity index is 1.27. The van der Waals surface area contributed by atoms with Gasteiger partial charge in [-0.05, 0) is 42.6 Å². The van der Waals surface area contributed by atoms with E-state index in [2.05, 4.69) is 5.32 Å². The van der Waals surface area contributed by atoms with Gasteiger partial charge in [-0.25, -0.2) is 0 Å². The molecule has 2 aliphatic heterocycles. The molecule has 1 saturated heterocycles. The lowest BCUT2D eigenvalue weighted by atomic mass is 9.99. The van der Waals surface area contributed by atoms with Crippen LogP contribution in [-0.4, -0.2) is 37.6 Å². The highest BCUT2D eigenvalue weighted by Gasteiger charge is 2.46. The Morgan fingerprint density at radius 1 is 1.09 bits per heavy atom. The van der Waals surface area contributed by atoms with E-state index in [4.69, 9.17) is 14.2 Å². The van der Waals surface area contributed by atoms with Crippen molar-refractivity contribution in [3.05, 3.63) is 70.4 Å². The Bertz CT molecular complexity index is 1240. The molecule has 35 heavy (non-hydrogen) atoms. The van der Waals surface area contributed by atoms with E-state index >= 15 is 0 Å². The van der Waals surface area contributed by atoms with Gasteiger partial charge >= 0.3 is 5.97 Å². The Morgan fingerprint density at radius 2 is 1.86 bits per heavy atom. The van der Waals surface area contributed by atoms with Crippen molar-refractivity contribution >= 4 is 40.5 Å². The van der Waals surface area contributed by atoms with Gasteiger partial charge in [0.15, 0.2) is 18.1 Å². The largest absolute Gasteiger partial charge is 0.486 e. The number of anilines is 2. The number of ether oxygens (including phenoxy) is 3. The minimum absolute atomic E-state index is 0.0130. The van der Waals surface area contributed by atoms with E-state index in [1.165, 1.54) is 11.3 Å². The van der Waals surface area contributed by atoms with Gasteiger partial charge < -0.3 is 24.4 Å². The topological polar surface area (TPSA) is 94.2 Å². The van der Waals surface area contributed by atoms with Crippen molar-refractivity contribution in [2.45, 2.75) is 19.4 Å². The number of thiophene rings is 1. The van der Waals surface area contributed by atoms with Crippen LogP contribution < -0.4 is 19.7 Å². The molecule has 2 aliphatic rings. The van der Waals surface area contributed by atoms with Crippen LogP contribution in [0.5, 0.6) is 11.5 Å². The zero-order chi connectivity index (χ0) is 24.4. The Morgan fingerprint density at radius 3 is 2.60 bits per heavy atom. The van der Waals surface area contributed by atoms with Crippen LogP contribution in [0.1, 0.15) is 22.9 Å². The zero-order valence-electron chi connectivity index (χ0n) is 19.1. The summed E-state index contributed by atoms with van der Waals surface area (Å²) in [5.41, 5.74) is 2.31. The number of carbonyl (C=O) groups is 3. The molecule has 0 bridgehead atoms. The molecule has 0 radical (unpaired) electrons. The Kier molecular flexibility index (Phi) is 6.41. The second-order valence-electron chi connectivity index (χ2n) is 8.38. The first kappa shape index (κ1) is 22.9. The summed E-state index contributed by atoms with van der Waals surface area (Å²) in [4.78, 5) is 41.1. The first-order valence-corrected chi connectivity index (χ1v) is 12.2. The van der Waals surface area contributed by atoms with Crippen molar-refractivity contribution in [1.82, 2.24) is 0 Å². The number of nitrogens with zero attached hydrogens (tertiary/aromatic N) is 1. The molecule has 3 heterocycles. The molecule has 2 atom stereocenters. The van der Waals surface area contributed by atoms with E-state index in [1.807, 2.05) is 48.7 Å². The molecular weight excluding hydrogens is 468 g/mol. The van der Waals surface area contributed by atoms with Crippen LogP contribution in [0.15, 0.2) is 60.0 Å². The fourth-order valence-electron chi connectivity index (χ4n) is 4.30. The van der Waals surface area contributed by atoms with Gasteiger partial charge in [0, 0.05) is 28.7 Å². The van der Waals surface area contributed by atoms with Crippen LogP contribution in [0.3, 0.4) is 0 Å². The lowest BCUT2D eigenvalue weighted by Gasteiger charge is -2.27. The highest BCUT2D eigenvalue weighted by molar-refractivity contribution is 7.10. The van der Waals surface area contributed by atoms with E-state index in [0.29, 0.717) is 30.4 Å². The minimum atomic E-state index is -0.718. The van der Waals surface area contributed by atoms with E-state index < -0.39 is 30.4 Å². The van der Waals surface area contributed by atoms with Crippen molar-refractivity contribution in [3.8, 4) is 11.5 Å². The Hall–Kier alpha value is -3.85. The summed E-state index contributed by atoms with van der Waals surface area (Å²) < 4.78 is 16.4. The predicted molar refractivity (Wildman–Crippen MR) is 131 cm³/mol. The summed E-state index contributed by atoms with van der Waals surface area (Å²) >= 11 is 1.48. The third kappa shape index (κ3) is 4.85. The molecular formula is C26H24N2O6S. The minimum Gasteiger partial charge on any atom is -0.486 e. The second-order valence-corrected chi connectivity index (χ2v) is 9.36. The molecule has 5 rings (SSSR count). The van der Waals surface area contributed by atoms with Crippen molar-refractivity contribution < 1.29 is 28.6 Å². The first-order chi connectivity index (χ1) is 17.0. The average Bonchev–Trinajstić information content (AvgIpc) is 3.51. The standard InChI is InChI=1S/C26H24N2O6S/c1-16-4-7-18(8-5-16)28-24(30)14-19(25(28)22-3-2-12-35-22)26(31)34-15-23(29)27-17-6-9-20-21(13-17)33-11-10-32-20/h2-9,12-13,19,25H,10-11,14-15H2,1H3,(H,27,29). The zero-order valence-corrected chi connectivity index (χ0v) is 19.9. The molecule has 1 fully saturated rings. The van der Waals surface area contributed by atoms with E-state index in [0.717, 1.165) is 16.1 Å². The molecule has 0 saturated carbocycles. The van der Waals surface area contributed by atoms with Crippen LogP contribution in [0, 0.1) is 12.8 Å². The maximum atomic E-state index is 13.1. The van der Waals surface area contributed by atoms with Gasteiger partial charge in [-0.3, -0.25) is 14.4 Å². The number of rotatable bonds is 6. The summed E-state index contributed by atoms with van der Waals surface area (Å²) in [5, 5.41) is 4.61. The predicted octanol–water partition coefficient (Wildman–Crippen LogP) is 4.10. The number of hydrogen-bond donors (Lipinski definition) is 1. The molecule has 9 heteroatoms. The maximum absolute atomic E-state index is 13.1. The summed E-state index contributed by atoms with van der Waals surface area (Å²) in [5.74, 6) is -0.777. The van der Waals surface area contributed by atoms with Gasteiger partial charge in [-0.1, -0.05) is 23.8 Å². The van der Waals surface area contributed by atoms with Crippen molar-refractivity contribution in [3.63, 3.8) is 0 Å². The highest BCUT2D eigenvalue weighted by Crippen LogP contribution is 2.43. The number of carbonyl (C=O) groups excluding carboxylic acids is 3. The average molecular weight is 493 g/mol. The molecule has 2 unspecified atom stereocenters. The third-order valence-electron chi connectivity index (χ3n) is 5.94. The summed E-state index contributed by atoms with van der Waals surface area (Å²) in [6, 6.07) is 16.0. The number of fused-ring (bicyclic) bond motifs is 1. The number of amides is 2. The summed E-state index contributed by atoms with van der Waals surface area (Å²) in [7, 11) is 0. The van der Waals surface area contributed by atoms with Gasteiger partial charge in [0.25, 0.3) is 5.91 Å². The molecule has 2 aromatic carbocycles. The smallest absolute Gasteiger partial charge is 0.312 e. The molecule has 2 amide bonds. The van der Waals surface area contributed by atoms with Crippen molar-refractivity contribution in [2.24, 2.45) is 5.92 Å². The molecule has 0 aliphatic carbocycles. The number of benzene rings is 2. The fourth-order valence-corrected chi connectivity index (χ4v) is 5.18. The quantitative estimate of drug-likeness (QED) is 0.521. The van der Waals surface area contributed by atoms with Gasteiger partial charge in [-0.15, -0.1) is 11.3 Å². The summed E-state index contributed by atoms with van der Waals surface area (Å²) in [6.45, 7) is 2.43. The lowest BCUT2D eigenvalue weighted by Crippen LogP contribution is -2.31. The third-order valence-corrected chi connectivity index (χ3v) is 6.89. The number of esters is 1. The number of nitrogens with one attached hydrogen (secondary N) is 1. The van der Waals surface area contributed by atoms with E-state index in [-0.39, 0.29) is 12.3 Å². The summed E-state index contributed by atoms with van der Waals surface area (Å²) in [6.07, 6.45) is 0.0130. The van der Waals surface area contributed by atoms with Crippen LogP contribution >= 0.6 is 11.3 Å². The second kappa shape index (κ2) is 9.79.